The van der Waals surface area contributed by atoms with E-state index in [1.54, 1.807) is 7.11 Å². The Hall–Kier alpha value is -1.95. The van der Waals surface area contributed by atoms with E-state index in [9.17, 15) is 0 Å². The summed E-state index contributed by atoms with van der Waals surface area (Å²) in [6, 6.07) is 5.98. The van der Waals surface area contributed by atoms with Gasteiger partial charge >= 0.3 is 0 Å². The predicted molar refractivity (Wildman–Crippen MR) is 98.2 cm³/mol. The molecule has 138 valence electrons. The molecule has 0 aromatic heterocycles. The summed E-state index contributed by atoms with van der Waals surface area (Å²) >= 11 is 0. The zero-order valence-electron chi connectivity index (χ0n) is 15.3. The zero-order chi connectivity index (χ0) is 17.5. The fraction of sp³-hybridized carbons (Fsp3) is 0.632. The number of fused-ring (bicyclic) bond motifs is 1. The lowest BCUT2D eigenvalue weighted by Gasteiger charge is -2.42. The minimum absolute atomic E-state index is 0.301. The fourth-order valence-corrected chi connectivity index (χ4v) is 3.33. The van der Waals surface area contributed by atoms with Gasteiger partial charge in [-0.15, -0.1) is 0 Å². The van der Waals surface area contributed by atoms with Crippen LogP contribution < -0.4 is 20.1 Å². The van der Waals surface area contributed by atoms with E-state index in [0.717, 1.165) is 49.1 Å². The first kappa shape index (κ1) is 17.9. The van der Waals surface area contributed by atoms with Crippen molar-refractivity contribution in [1.82, 2.24) is 10.6 Å². The average molecular weight is 347 g/mol. The number of nitrogens with one attached hydrogen (secondary N) is 2. The second-order valence-corrected chi connectivity index (χ2v) is 6.83. The van der Waals surface area contributed by atoms with Crippen LogP contribution in [0.2, 0.25) is 0 Å². The van der Waals surface area contributed by atoms with Crippen molar-refractivity contribution in [3.63, 3.8) is 0 Å². The van der Waals surface area contributed by atoms with Crippen LogP contribution >= 0.6 is 0 Å². The third kappa shape index (κ3) is 4.57. The van der Waals surface area contributed by atoms with Gasteiger partial charge in [0.15, 0.2) is 17.5 Å². The molecule has 1 heterocycles. The Kier molecular flexibility index (Phi) is 6.02. The van der Waals surface area contributed by atoms with E-state index < -0.39 is 0 Å². The number of benzene rings is 1. The van der Waals surface area contributed by atoms with E-state index in [0.29, 0.717) is 18.8 Å². The van der Waals surface area contributed by atoms with Gasteiger partial charge in [0.25, 0.3) is 0 Å². The summed E-state index contributed by atoms with van der Waals surface area (Å²) in [5.74, 6) is 2.48. The van der Waals surface area contributed by atoms with Crippen molar-refractivity contribution in [3.8, 4) is 11.5 Å². The Morgan fingerprint density at radius 2 is 2.08 bits per heavy atom. The van der Waals surface area contributed by atoms with Crippen LogP contribution in [-0.2, 0) is 11.3 Å². The van der Waals surface area contributed by atoms with Gasteiger partial charge in [0.2, 0.25) is 6.79 Å². The highest BCUT2D eigenvalue weighted by molar-refractivity contribution is 5.79. The molecule has 6 heteroatoms. The first-order valence-electron chi connectivity index (χ1n) is 9.14. The first-order valence-corrected chi connectivity index (χ1v) is 9.14. The molecule has 2 N–H and O–H groups in total. The van der Waals surface area contributed by atoms with Crippen molar-refractivity contribution in [2.75, 3.05) is 33.6 Å². The highest BCUT2D eigenvalue weighted by Gasteiger charge is 2.36. The highest BCUT2D eigenvalue weighted by Crippen LogP contribution is 2.43. The Morgan fingerprint density at radius 3 is 2.80 bits per heavy atom. The molecule has 1 aliphatic carbocycles. The summed E-state index contributed by atoms with van der Waals surface area (Å²) in [7, 11) is 1.77. The van der Waals surface area contributed by atoms with E-state index in [-0.39, 0.29) is 0 Å². The smallest absolute Gasteiger partial charge is 0.231 e. The minimum atomic E-state index is 0.301. The van der Waals surface area contributed by atoms with Gasteiger partial charge in [-0.25, -0.2) is 4.99 Å². The maximum atomic E-state index is 5.43. The molecule has 0 saturated heterocycles. The number of hydrogen-bond donors (Lipinski definition) is 2. The van der Waals surface area contributed by atoms with Gasteiger partial charge in [-0.2, -0.15) is 0 Å². The van der Waals surface area contributed by atoms with Crippen molar-refractivity contribution >= 4 is 5.96 Å². The molecule has 0 unspecified atom stereocenters. The zero-order valence-corrected chi connectivity index (χ0v) is 15.3. The van der Waals surface area contributed by atoms with Crippen LogP contribution in [0.15, 0.2) is 23.2 Å². The molecule has 1 saturated carbocycles. The molecule has 2 aliphatic rings. The van der Waals surface area contributed by atoms with Gasteiger partial charge in [0, 0.05) is 26.8 Å². The van der Waals surface area contributed by atoms with Crippen LogP contribution in [0.4, 0.5) is 0 Å². The maximum Gasteiger partial charge on any atom is 0.231 e. The predicted octanol–water partition coefficient (Wildman–Crippen LogP) is 2.68. The van der Waals surface area contributed by atoms with Crippen molar-refractivity contribution in [1.29, 1.82) is 0 Å². The lowest BCUT2D eigenvalue weighted by Crippen LogP contribution is -2.46. The molecule has 1 aromatic carbocycles. The molecule has 0 radical (unpaired) electrons. The van der Waals surface area contributed by atoms with Gasteiger partial charge in [0.05, 0.1) is 6.54 Å². The van der Waals surface area contributed by atoms with Gasteiger partial charge in [-0.05, 0) is 49.3 Å². The number of methoxy groups -OCH3 is 1. The number of aliphatic imine (C=N–C) groups is 1. The van der Waals surface area contributed by atoms with E-state index in [1.165, 1.54) is 19.3 Å². The molecule has 1 aromatic rings. The average Bonchev–Trinajstić information content (AvgIpc) is 3.06. The third-order valence-corrected chi connectivity index (χ3v) is 5.08. The molecule has 6 nitrogen and oxygen atoms in total. The molecule has 0 spiro atoms. The first-order chi connectivity index (χ1) is 12.2. The maximum absolute atomic E-state index is 5.43. The van der Waals surface area contributed by atoms with Crippen LogP contribution in [-0.4, -0.2) is 39.6 Å². The number of rotatable bonds is 8. The standard InChI is InChI=1S/C19H29N3O3/c1-3-20-18(22-13-19(7-4-8-19)9-10-23-2)21-12-15-5-6-16-17(11-15)25-14-24-16/h5-6,11H,3-4,7-10,12-14H2,1-2H3,(H2,20,21,22). The molecule has 0 atom stereocenters. The largest absolute Gasteiger partial charge is 0.454 e. The number of nitrogens with zero attached hydrogens (tertiary/aromatic N) is 1. The van der Waals surface area contributed by atoms with E-state index in [1.807, 2.05) is 18.2 Å². The Balaban J connectivity index is 1.57. The molecular formula is C19H29N3O3. The van der Waals surface area contributed by atoms with Crippen LogP contribution in [0.1, 0.15) is 38.2 Å². The van der Waals surface area contributed by atoms with E-state index in [2.05, 4.69) is 17.6 Å². The summed E-state index contributed by atoms with van der Waals surface area (Å²) in [4.78, 5) is 4.72. The number of hydrogen-bond acceptors (Lipinski definition) is 4. The molecule has 0 bridgehead atoms. The summed E-state index contributed by atoms with van der Waals surface area (Å²) in [6.07, 6.45) is 4.96. The topological polar surface area (TPSA) is 64.1 Å². The van der Waals surface area contributed by atoms with E-state index in [4.69, 9.17) is 19.2 Å². The van der Waals surface area contributed by atoms with Crippen LogP contribution in [0.25, 0.3) is 0 Å². The highest BCUT2D eigenvalue weighted by atomic mass is 16.7. The molecule has 1 aliphatic heterocycles. The van der Waals surface area contributed by atoms with Crippen LogP contribution in [0.5, 0.6) is 11.5 Å². The van der Waals surface area contributed by atoms with Crippen LogP contribution in [0.3, 0.4) is 0 Å². The fourth-order valence-electron chi connectivity index (χ4n) is 3.33. The Morgan fingerprint density at radius 1 is 1.24 bits per heavy atom. The lowest BCUT2D eigenvalue weighted by atomic mass is 9.67. The van der Waals surface area contributed by atoms with Crippen molar-refractivity contribution in [3.05, 3.63) is 23.8 Å². The van der Waals surface area contributed by atoms with Crippen LogP contribution in [0, 0.1) is 5.41 Å². The van der Waals surface area contributed by atoms with Gasteiger partial charge < -0.3 is 24.8 Å². The Bertz CT molecular complexity index is 600. The quantitative estimate of drug-likeness (QED) is 0.559. The monoisotopic (exact) mass is 347 g/mol. The van der Waals surface area contributed by atoms with Crippen molar-refractivity contribution < 1.29 is 14.2 Å². The normalized spacial score (nSPS) is 17.9. The molecule has 1 fully saturated rings. The summed E-state index contributed by atoms with van der Waals surface area (Å²) < 4.78 is 16.1. The second-order valence-electron chi connectivity index (χ2n) is 6.83. The molecular weight excluding hydrogens is 318 g/mol. The summed E-state index contributed by atoms with van der Waals surface area (Å²) in [6.45, 7) is 5.61. The number of guanidine groups is 1. The van der Waals surface area contributed by atoms with Crippen molar-refractivity contribution in [2.24, 2.45) is 10.4 Å². The number of ether oxygens (including phenoxy) is 3. The van der Waals surface area contributed by atoms with Crippen molar-refractivity contribution in [2.45, 2.75) is 39.2 Å². The Labute approximate surface area is 149 Å². The lowest BCUT2D eigenvalue weighted by molar-refractivity contribution is 0.0732. The minimum Gasteiger partial charge on any atom is -0.454 e. The second kappa shape index (κ2) is 8.43. The summed E-state index contributed by atoms with van der Waals surface area (Å²) in [5.41, 5.74) is 1.48. The molecule has 0 amide bonds. The SMILES string of the molecule is CCNC(=NCc1ccc2c(c1)OCO2)NCC1(CCOC)CCC1. The van der Waals surface area contributed by atoms with Gasteiger partial charge in [0.1, 0.15) is 0 Å². The molecule has 25 heavy (non-hydrogen) atoms. The van der Waals surface area contributed by atoms with Gasteiger partial charge in [-0.1, -0.05) is 12.5 Å². The molecule has 3 rings (SSSR count). The van der Waals surface area contributed by atoms with E-state index >= 15 is 0 Å². The summed E-state index contributed by atoms with van der Waals surface area (Å²) in [5, 5.41) is 6.86. The third-order valence-electron chi connectivity index (χ3n) is 5.08. The van der Waals surface area contributed by atoms with Gasteiger partial charge in [-0.3, -0.25) is 0 Å².